The average Bonchev–Trinajstić information content (AvgIpc) is 2.59. The van der Waals surface area contributed by atoms with Gasteiger partial charge in [0, 0.05) is 18.8 Å². The van der Waals surface area contributed by atoms with E-state index in [-0.39, 0.29) is 5.56 Å². The van der Waals surface area contributed by atoms with Crippen LogP contribution in [0.25, 0.3) is 11.8 Å². The summed E-state index contributed by atoms with van der Waals surface area (Å²) in [6.45, 7) is 1.82. The highest BCUT2D eigenvalue weighted by Gasteiger charge is 2.13. The molecule has 5 nitrogen and oxygen atoms in total. The Labute approximate surface area is 110 Å². The summed E-state index contributed by atoms with van der Waals surface area (Å²) >= 11 is 0. The zero-order chi connectivity index (χ0) is 14.0. The first kappa shape index (κ1) is 12.9. The molecule has 1 aromatic carbocycles. The lowest BCUT2D eigenvalue weighted by Crippen LogP contribution is -2.20. The van der Waals surface area contributed by atoms with Gasteiger partial charge in [0.1, 0.15) is 0 Å². The second-order valence-corrected chi connectivity index (χ2v) is 4.21. The summed E-state index contributed by atoms with van der Waals surface area (Å²) in [6.07, 6.45) is 2.65. The van der Waals surface area contributed by atoms with Gasteiger partial charge in [-0.05, 0) is 25.1 Å². The smallest absolute Gasteiger partial charge is 0.278 e. The average molecular weight is 257 g/mol. The topological polar surface area (TPSA) is 70.0 Å². The van der Waals surface area contributed by atoms with Crippen molar-refractivity contribution in [2.75, 3.05) is 0 Å². The van der Waals surface area contributed by atoms with Crippen molar-refractivity contribution < 1.29 is 4.79 Å². The highest BCUT2D eigenvalue weighted by molar-refractivity contribution is 5.90. The first-order chi connectivity index (χ1) is 9.02. The molecule has 19 heavy (non-hydrogen) atoms. The summed E-state index contributed by atoms with van der Waals surface area (Å²) in [5.41, 5.74) is 6.89. The van der Waals surface area contributed by atoms with Gasteiger partial charge in [0.05, 0.1) is 11.3 Å². The minimum absolute atomic E-state index is 0.177. The van der Waals surface area contributed by atoms with E-state index < -0.39 is 5.91 Å². The number of benzene rings is 1. The number of carbonyl (C=O) groups excluding carboxylic acids is 1. The molecule has 0 bridgehead atoms. The van der Waals surface area contributed by atoms with Gasteiger partial charge in [0.2, 0.25) is 5.91 Å². The Balaban J connectivity index is 2.63. The van der Waals surface area contributed by atoms with E-state index in [0.717, 1.165) is 11.4 Å². The van der Waals surface area contributed by atoms with Crippen molar-refractivity contribution >= 4 is 12.0 Å². The van der Waals surface area contributed by atoms with Crippen LogP contribution in [0.4, 0.5) is 0 Å². The second-order valence-electron chi connectivity index (χ2n) is 4.21. The van der Waals surface area contributed by atoms with Crippen LogP contribution in [0.5, 0.6) is 0 Å². The molecule has 0 atom stereocenters. The van der Waals surface area contributed by atoms with E-state index in [1.165, 1.54) is 12.2 Å². The maximum absolute atomic E-state index is 12.4. The van der Waals surface area contributed by atoms with Crippen molar-refractivity contribution in [3.8, 4) is 5.69 Å². The number of rotatable bonds is 3. The molecule has 2 aromatic rings. The third kappa shape index (κ3) is 2.35. The summed E-state index contributed by atoms with van der Waals surface area (Å²) < 4.78 is 3.30. The van der Waals surface area contributed by atoms with Gasteiger partial charge in [-0.3, -0.25) is 14.3 Å². The highest BCUT2D eigenvalue weighted by Crippen LogP contribution is 2.10. The Morgan fingerprint density at radius 1 is 1.26 bits per heavy atom. The van der Waals surface area contributed by atoms with E-state index in [1.807, 2.05) is 37.3 Å². The molecule has 98 valence electrons. The molecule has 0 radical (unpaired) electrons. The SMILES string of the molecule is Cc1c(/C=C/C(N)=O)c(=O)n(-c2ccccc2)n1C. The Kier molecular flexibility index (Phi) is 3.37. The molecule has 1 aromatic heterocycles. The summed E-state index contributed by atoms with van der Waals surface area (Å²) in [5, 5.41) is 0. The molecule has 2 rings (SSSR count). The van der Waals surface area contributed by atoms with E-state index >= 15 is 0 Å². The van der Waals surface area contributed by atoms with Gasteiger partial charge in [-0.2, -0.15) is 0 Å². The highest BCUT2D eigenvalue weighted by atomic mass is 16.1. The van der Waals surface area contributed by atoms with Crippen molar-refractivity contribution in [3.63, 3.8) is 0 Å². The van der Waals surface area contributed by atoms with Crippen LogP contribution in [0.1, 0.15) is 11.3 Å². The predicted octanol–water partition coefficient (Wildman–Crippen LogP) is 0.983. The van der Waals surface area contributed by atoms with Crippen LogP contribution in [0.3, 0.4) is 0 Å². The van der Waals surface area contributed by atoms with Gasteiger partial charge in [0.25, 0.3) is 5.56 Å². The fraction of sp³-hybridized carbons (Fsp3) is 0.143. The van der Waals surface area contributed by atoms with E-state index in [9.17, 15) is 9.59 Å². The van der Waals surface area contributed by atoms with Crippen molar-refractivity contribution in [2.24, 2.45) is 12.8 Å². The van der Waals surface area contributed by atoms with Crippen LogP contribution in [0, 0.1) is 6.92 Å². The molecule has 0 spiro atoms. The number of hydrogen-bond acceptors (Lipinski definition) is 2. The van der Waals surface area contributed by atoms with Crippen molar-refractivity contribution in [2.45, 2.75) is 6.92 Å². The monoisotopic (exact) mass is 257 g/mol. The number of carbonyl (C=O) groups is 1. The van der Waals surface area contributed by atoms with Gasteiger partial charge in [0.15, 0.2) is 0 Å². The molecule has 0 aliphatic rings. The number of para-hydroxylation sites is 1. The molecule has 0 fully saturated rings. The Hall–Kier alpha value is -2.56. The first-order valence-corrected chi connectivity index (χ1v) is 5.84. The molecular weight excluding hydrogens is 242 g/mol. The van der Waals surface area contributed by atoms with Crippen LogP contribution < -0.4 is 11.3 Å². The largest absolute Gasteiger partial charge is 0.366 e. The minimum atomic E-state index is -0.575. The molecular formula is C14H15N3O2. The van der Waals surface area contributed by atoms with Crippen molar-refractivity contribution in [3.05, 3.63) is 58.0 Å². The number of hydrogen-bond donors (Lipinski definition) is 1. The molecule has 5 heteroatoms. The fourth-order valence-electron chi connectivity index (χ4n) is 1.95. The molecule has 0 saturated carbocycles. The van der Waals surface area contributed by atoms with Crippen molar-refractivity contribution in [1.82, 2.24) is 9.36 Å². The van der Waals surface area contributed by atoms with E-state index in [1.54, 1.807) is 16.4 Å². The maximum Gasteiger partial charge on any atom is 0.278 e. The number of nitrogens with two attached hydrogens (primary N) is 1. The number of primary amides is 1. The molecule has 2 N–H and O–H groups in total. The van der Waals surface area contributed by atoms with Crippen LogP contribution in [-0.4, -0.2) is 15.3 Å². The summed E-state index contributed by atoms with van der Waals surface area (Å²) in [5.74, 6) is -0.575. The molecule has 0 aliphatic heterocycles. The quantitative estimate of drug-likeness (QED) is 0.833. The van der Waals surface area contributed by atoms with Gasteiger partial charge in [-0.15, -0.1) is 0 Å². The van der Waals surface area contributed by atoms with Gasteiger partial charge >= 0.3 is 0 Å². The Morgan fingerprint density at radius 2 is 1.89 bits per heavy atom. The molecule has 0 aliphatic carbocycles. The lowest BCUT2D eigenvalue weighted by molar-refractivity contribution is -0.113. The van der Waals surface area contributed by atoms with Gasteiger partial charge in [-0.25, -0.2) is 4.68 Å². The minimum Gasteiger partial charge on any atom is -0.366 e. The van der Waals surface area contributed by atoms with Crippen LogP contribution in [-0.2, 0) is 11.8 Å². The molecule has 0 unspecified atom stereocenters. The van der Waals surface area contributed by atoms with E-state index in [4.69, 9.17) is 5.73 Å². The number of nitrogens with zero attached hydrogens (tertiary/aromatic N) is 2. The fourth-order valence-corrected chi connectivity index (χ4v) is 1.95. The lowest BCUT2D eigenvalue weighted by Gasteiger charge is -2.07. The first-order valence-electron chi connectivity index (χ1n) is 5.84. The van der Waals surface area contributed by atoms with Crippen molar-refractivity contribution in [1.29, 1.82) is 0 Å². The zero-order valence-corrected chi connectivity index (χ0v) is 10.8. The van der Waals surface area contributed by atoms with Gasteiger partial charge < -0.3 is 5.73 Å². The van der Waals surface area contributed by atoms with E-state index in [0.29, 0.717) is 5.56 Å². The zero-order valence-electron chi connectivity index (χ0n) is 10.8. The van der Waals surface area contributed by atoms with Gasteiger partial charge in [-0.1, -0.05) is 18.2 Å². The molecule has 1 heterocycles. The van der Waals surface area contributed by atoms with Crippen LogP contribution >= 0.6 is 0 Å². The third-order valence-corrected chi connectivity index (χ3v) is 3.01. The second kappa shape index (κ2) is 4.97. The Morgan fingerprint density at radius 3 is 2.47 bits per heavy atom. The van der Waals surface area contributed by atoms with Crippen LogP contribution in [0.15, 0.2) is 41.2 Å². The maximum atomic E-state index is 12.4. The molecule has 1 amide bonds. The normalized spacial score (nSPS) is 11.1. The third-order valence-electron chi connectivity index (χ3n) is 3.01. The Bertz CT molecular complexity index is 693. The molecule has 0 saturated heterocycles. The predicted molar refractivity (Wildman–Crippen MR) is 74.0 cm³/mol. The van der Waals surface area contributed by atoms with Crippen LogP contribution in [0.2, 0.25) is 0 Å². The summed E-state index contributed by atoms with van der Waals surface area (Å²) in [7, 11) is 1.80. The summed E-state index contributed by atoms with van der Waals surface area (Å²) in [6, 6.07) is 9.31. The lowest BCUT2D eigenvalue weighted by atomic mass is 10.2. The number of aromatic nitrogens is 2. The number of amides is 1. The van der Waals surface area contributed by atoms with E-state index in [2.05, 4.69) is 0 Å². The summed E-state index contributed by atoms with van der Waals surface area (Å²) in [4.78, 5) is 23.1. The standard InChI is InChI=1S/C14H15N3O2/c1-10-12(8-9-13(15)18)14(19)17(16(10)2)11-6-4-3-5-7-11/h3-9H,1-2H3,(H2,15,18)/b9-8+.